The second-order valence-corrected chi connectivity index (χ2v) is 13.2. The summed E-state index contributed by atoms with van der Waals surface area (Å²) in [4.78, 5) is 29.9. The minimum Gasteiger partial charge on any atom is -0.497 e. The van der Waals surface area contributed by atoms with Crippen LogP contribution in [-0.2, 0) is 32.6 Å². The number of aryl methyl sites for hydroxylation is 1. The van der Waals surface area contributed by atoms with E-state index in [0.29, 0.717) is 18.0 Å². The van der Waals surface area contributed by atoms with Gasteiger partial charge >= 0.3 is 0 Å². The first-order valence-corrected chi connectivity index (χ1v) is 16.4. The van der Waals surface area contributed by atoms with E-state index in [-0.39, 0.29) is 29.7 Å². The van der Waals surface area contributed by atoms with Crippen molar-refractivity contribution in [2.75, 3.05) is 24.5 Å². The number of carbonyl (C=O) groups excluding carboxylic acids is 2. The molecule has 236 valence electrons. The Morgan fingerprint density at radius 3 is 2.04 bits per heavy atom. The number of para-hydroxylation sites is 1. The molecule has 0 aromatic heterocycles. The van der Waals surface area contributed by atoms with Gasteiger partial charge in [-0.2, -0.15) is 0 Å². The number of rotatable bonds is 14. The maximum absolute atomic E-state index is 14.5. The maximum atomic E-state index is 14.5. The largest absolute Gasteiger partial charge is 0.497 e. The van der Waals surface area contributed by atoms with Gasteiger partial charge in [-0.3, -0.25) is 13.9 Å². The molecule has 0 fully saturated rings. The van der Waals surface area contributed by atoms with Crippen LogP contribution in [0.4, 0.5) is 5.69 Å². The third kappa shape index (κ3) is 8.95. The summed E-state index contributed by atoms with van der Waals surface area (Å²) in [6, 6.07) is 30.9. The highest BCUT2D eigenvalue weighted by Crippen LogP contribution is 2.26. The Bertz CT molecular complexity index is 1660. The summed E-state index contributed by atoms with van der Waals surface area (Å²) in [5.74, 6) is -0.0804. The van der Waals surface area contributed by atoms with Gasteiger partial charge in [0.15, 0.2) is 0 Å². The van der Waals surface area contributed by atoms with Crippen LogP contribution in [0.1, 0.15) is 30.5 Å². The van der Waals surface area contributed by atoms with Crippen LogP contribution >= 0.6 is 0 Å². The second-order valence-electron chi connectivity index (χ2n) is 11.4. The molecule has 45 heavy (non-hydrogen) atoms. The molecule has 0 heterocycles. The van der Waals surface area contributed by atoms with E-state index in [0.717, 1.165) is 21.0 Å². The van der Waals surface area contributed by atoms with Crippen molar-refractivity contribution in [1.29, 1.82) is 0 Å². The summed E-state index contributed by atoms with van der Waals surface area (Å²) in [6.45, 7) is 6.03. The van der Waals surface area contributed by atoms with Crippen LogP contribution in [0.5, 0.6) is 5.75 Å². The average Bonchev–Trinajstić information content (AvgIpc) is 3.04. The smallest absolute Gasteiger partial charge is 0.264 e. The molecule has 2 amide bonds. The molecular formula is C36H41N3O5S. The van der Waals surface area contributed by atoms with E-state index < -0.39 is 28.5 Å². The lowest BCUT2D eigenvalue weighted by molar-refractivity contribution is -0.140. The quantitative estimate of drug-likeness (QED) is 0.196. The van der Waals surface area contributed by atoms with Crippen molar-refractivity contribution in [2.45, 2.75) is 44.7 Å². The fraction of sp³-hybridized carbons (Fsp3) is 0.278. The summed E-state index contributed by atoms with van der Waals surface area (Å²) in [6.07, 6.45) is 0.263. The number of hydrogen-bond donors (Lipinski definition) is 1. The Kier molecular flexibility index (Phi) is 11.4. The van der Waals surface area contributed by atoms with Gasteiger partial charge in [0, 0.05) is 19.5 Å². The van der Waals surface area contributed by atoms with Crippen molar-refractivity contribution in [3.05, 3.63) is 126 Å². The molecule has 0 saturated carbocycles. The number of nitrogens with one attached hydrogen (secondary N) is 1. The molecule has 4 rings (SSSR count). The summed E-state index contributed by atoms with van der Waals surface area (Å²) in [5.41, 5.74) is 3.06. The first kappa shape index (κ1) is 33.3. The van der Waals surface area contributed by atoms with Crippen molar-refractivity contribution in [3.8, 4) is 5.75 Å². The van der Waals surface area contributed by atoms with Crippen molar-refractivity contribution >= 4 is 27.5 Å². The van der Waals surface area contributed by atoms with Crippen molar-refractivity contribution in [1.82, 2.24) is 10.2 Å². The number of nitrogens with zero attached hydrogens (tertiary/aromatic N) is 2. The van der Waals surface area contributed by atoms with Gasteiger partial charge in [-0.25, -0.2) is 8.42 Å². The van der Waals surface area contributed by atoms with Crippen LogP contribution in [0.3, 0.4) is 0 Å². The molecule has 1 unspecified atom stereocenters. The summed E-state index contributed by atoms with van der Waals surface area (Å²) < 4.78 is 34.5. The lowest BCUT2D eigenvalue weighted by Gasteiger charge is -2.34. The Balaban J connectivity index is 1.78. The van der Waals surface area contributed by atoms with Crippen LogP contribution in [0.2, 0.25) is 0 Å². The third-order valence-electron chi connectivity index (χ3n) is 7.36. The zero-order chi connectivity index (χ0) is 32.4. The highest BCUT2D eigenvalue weighted by molar-refractivity contribution is 7.92. The van der Waals surface area contributed by atoms with Crippen molar-refractivity contribution < 1.29 is 22.7 Å². The Labute approximate surface area is 266 Å². The topological polar surface area (TPSA) is 96.0 Å². The number of carbonyl (C=O) groups is 2. The predicted octanol–water partition coefficient (Wildman–Crippen LogP) is 5.61. The van der Waals surface area contributed by atoms with Crippen LogP contribution in [0.15, 0.2) is 114 Å². The van der Waals surface area contributed by atoms with Crippen LogP contribution in [0.25, 0.3) is 0 Å². The van der Waals surface area contributed by atoms with Gasteiger partial charge in [-0.05, 0) is 60.4 Å². The van der Waals surface area contributed by atoms with E-state index >= 15 is 0 Å². The fourth-order valence-electron chi connectivity index (χ4n) is 4.98. The molecule has 0 radical (unpaired) electrons. The van der Waals surface area contributed by atoms with E-state index in [2.05, 4.69) is 5.32 Å². The molecule has 0 spiro atoms. The van der Waals surface area contributed by atoms with Gasteiger partial charge in [0.2, 0.25) is 11.8 Å². The lowest BCUT2D eigenvalue weighted by Crippen LogP contribution is -2.53. The molecular weight excluding hydrogens is 586 g/mol. The van der Waals surface area contributed by atoms with Crippen LogP contribution < -0.4 is 14.4 Å². The van der Waals surface area contributed by atoms with Gasteiger partial charge in [0.1, 0.15) is 18.3 Å². The number of ether oxygens (including phenoxy) is 1. The molecule has 0 saturated heterocycles. The zero-order valence-corrected chi connectivity index (χ0v) is 27.0. The minimum atomic E-state index is -4.18. The Morgan fingerprint density at radius 2 is 1.44 bits per heavy atom. The molecule has 1 N–H and O–H groups in total. The number of methoxy groups -OCH3 is 1. The SMILES string of the molecule is COc1ccc(S(=O)(=O)N(CC(=O)N(Cc2cccc(C)c2)C(Cc2ccccc2)C(=O)NCC(C)C)c2ccccc2)cc1. The number of benzene rings is 4. The number of sulfonamides is 1. The van der Waals surface area contributed by atoms with Gasteiger partial charge in [0.25, 0.3) is 10.0 Å². The van der Waals surface area contributed by atoms with Crippen LogP contribution in [-0.4, -0.2) is 51.4 Å². The van der Waals surface area contributed by atoms with E-state index in [1.54, 1.807) is 42.5 Å². The number of hydrogen-bond acceptors (Lipinski definition) is 5. The summed E-state index contributed by atoms with van der Waals surface area (Å²) in [7, 11) is -2.68. The molecule has 8 nitrogen and oxygen atoms in total. The summed E-state index contributed by atoms with van der Waals surface area (Å²) in [5, 5.41) is 3.01. The minimum absolute atomic E-state index is 0.0145. The third-order valence-corrected chi connectivity index (χ3v) is 9.15. The van der Waals surface area contributed by atoms with E-state index in [1.807, 2.05) is 75.4 Å². The van der Waals surface area contributed by atoms with Crippen molar-refractivity contribution in [2.24, 2.45) is 5.92 Å². The van der Waals surface area contributed by atoms with E-state index in [9.17, 15) is 18.0 Å². The Morgan fingerprint density at radius 1 is 0.822 bits per heavy atom. The Hall–Kier alpha value is -4.63. The monoisotopic (exact) mass is 627 g/mol. The zero-order valence-electron chi connectivity index (χ0n) is 26.2. The number of amides is 2. The molecule has 0 bridgehead atoms. The van der Waals surface area contributed by atoms with Gasteiger partial charge in [-0.15, -0.1) is 0 Å². The standard InChI is InChI=1S/C36H41N3O5S/c1-27(2)24-37-36(41)34(23-29-13-7-5-8-14-29)38(25-30-15-11-12-28(3)22-30)35(40)26-39(31-16-9-6-10-17-31)45(42,43)33-20-18-32(44-4)19-21-33/h5-22,27,34H,23-26H2,1-4H3,(H,37,41). The maximum Gasteiger partial charge on any atom is 0.264 e. The second kappa shape index (κ2) is 15.4. The molecule has 0 aliphatic heterocycles. The summed E-state index contributed by atoms with van der Waals surface area (Å²) >= 11 is 0. The molecule has 0 aliphatic carbocycles. The molecule has 9 heteroatoms. The normalized spacial score (nSPS) is 11.9. The average molecular weight is 628 g/mol. The molecule has 4 aromatic rings. The van der Waals surface area contributed by atoms with E-state index in [1.165, 1.54) is 24.1 Å². The highest BCUT2D eigenvalue weighted by Gasteiger charge is 2.34. The molecule has 1 atom stereocenters. The first-order chi connectivity index (χ1) is 21.6. The highest BCUT2D eigenvalue weighted by atomic mass is 32.2. The fourth-order valence-corrected chi connectivity index (χ4v) is 6.40. The van der Waals surface area contributed by atoms with Crippen LogP contribution in [0, 0.1) is 12.8 Å². The molecule has 0 aliphatic rings. The first-order valence-electron chi connectivity index (χ1n) is 15.0. The van der Waals surface area contributed by atoms with E-state index in [4.69, 9.17) is 4.74 Å². The van der Waals surface area contributed by atoms with Gasteiger partial charge in [0.05, 0.1) is 17.7 Å². The van der Waals surface area contributed by atoms with Gasteiger partial charge < -0.3 is 15.0 Å². The van der Waals surface area contributed by atoms with Gasteiger partial charge in [-0.1, -0.05) is 92.2 Å². The molecule has 4 aromatic carbocycles. The number of anilines is 1. The predicted molar refractivity (Wildman–Crippen MR) is 177 cm³/mol. The lowest BCUT2D eigenvalue weighted by atomic mass is 10.0. The van der Waals surface area contributed by atoms with Crippen molar-refractivity contribution in [3.63, 3.8) is 0 Å².